The molecule has 10 heteroatoms. The normalized spacial score (nSPS) is 12.0. The lowest BCUT2D eigenvalue weighted by molar-refractivity contribution is -0.140. The third-order valence-electron chi connectivity index (χ3n) is 6.80. The van der Waals surface area contributed by atoms with Crippen molar-refractivity contribution < 1.29 is 18.0 Å². The Morgan fingerprint density at radius 1 is 0.951 bits per heavy atom. The highest BCUT2D eigenvalue weighted by molar-refractivity contribution is 7.92. The maximum Gasteiger partial charge on any atom is 0.264 e. The summed E-state index contributed by atoms with van der Waals surface area (Å²) in [5.41, 5.74) is 2.64. The maximum atomic E-state index is 14.2. The first-order valence-corrected chi connectivity index (χ1v) is 15.8. The Hall–Kier alpha value is -3.07. The Morgan fingerprint density at radius 2 is 1.66 bits per heavy atom. The number of nitrogens with zero attached hydrogens (tertiary/aromatic N) is 2. The van der Waals surface area contributed by atoms with Crippen molar-refractivity contribution in [2.24, 2.45) is 0 Å². The molecule has 41 heavy (non-hydrogen) atoms. The lowest BCUT2D eigenvalue weighted by atomic mass is 10.1. The number of carbonyl (C=O) groups excluding carboxylic acids is 2. The second-order valence-electron chi connectivity index (χ2n) is 9.94. The van der Waals surface area contributed by atoms with E-state index in [4.69, 9.17) is 23.2 Å². The Morgan fingerprint density at radius 3 is 2.27 bits per heavy atom. The smallest absolute Gasteiger partial charge is 0.264 e. The van der Waals surface area contributed by atoms with Crippen LogP contribution in [0.3, 0.4) is 0 Å². The van der Waals surface area contributed by atoms with Crippen LogP contribution in [0.2, 0.25) is 10.0 Å². The number of amides is 2. The highest BCUT2D eigenvalue weighted by atomic mass is 35.5. The summed E-state index contributed by atoms with van der Waals surface area (Å²) in [6, 6.07) is 17.5. The molecule has 0 unspecified atom stereocenters. The van der Waals surface area contributed by atoms with Crippen molar-refractivity contribution in [3.8, 4) is 0 Å². The van der Waals surface area contributed by atoms with E-state index in [0.717, 1.165) is 22.7 Å². The van der Waals surface area contributed by atoms with Crippen LogP contribution in [0.25, 0.3) is 0 Å². The minimum atomic E-state index is -4.13. The lowest BCUT2D eigenvalue weighted by Gasteiger charge is -2.33. The van der Waals surface area contributed by atoms with Crippen LogP contribution in [0.5, 0.6) is 0 Å². The molecule has 1 N–H and O–H groups in total. The highest BCUT2D eigenvalue weighted by Crippen LogP contribution is 2.29. The van der Waals surface area contributed by atoms with Gasteiger partial charge in [0.25, 0.3) is 10.0 Å². The van der Waals surface area contributed by atoms with E-state index in [9.17, 15) is 18.0 Å². The summed E-state index contributed by atoms with van der Waals surface area (Å²) in [6.07, 6.45) is 2.03. The molecule has 0 saturated carbocycles. The molecule has 0 saturated heterocycles. The second kappa shape index (κ2) is 14.7. The van der Waals surface area contributed by atoms with Gasteiger partial charge in [-0.05, 0) is 68.1 Å². The minimum Gasteiger partial charge on any atom is -0.354 e. The van der Waals surface area contributed by atoms with Crippen molar-refractivity contribution in [1.82, 2.24) is 10.2 Å². The zero-order chi connectivity index (χ0) is 30.2. The predicted molar refractivity (Wildman–Crippen MR) is 166 cm³/mol. The van der Waals surface area contributed by atoms with E-state index in [1.807, 2.05) is 39.8 Å². The van der Waals surface area contributed by atoms with Gasteiger partial charge in [-0.15, -0.1) is 0 Å². The van der Waals surface area contributed by atoms with Crippen molar-refractivity contribution in [2.45, 2.75) is 64.4 Å². The summed E-state index contributed by atoms with van der Waals surface area (Å²) in [5, 5.41) is 3.70. The third-order valence-corrected chi connectivity index (χ3v) is 9.16. The van der Waals surface area contributed by atoms with Gasteiger partial charge in [-0.1, -0.05) is 85.4 Å². The molecule has 2 amide bonds. The molecular formula is C31H37Cl2N3O4S. The zero-order valence-corrected chi connectivity index (χ0v) is 26.2. The monoisotopic (exact) mass is 617 g/mol. The van der Waals surface area contributed by atoms with Gasteiger partial charge in [0.05, 0.1) is 10.6 Å². The van der Waals surface area contributed by atoms with Crippen molar-refractivity contribution in [1.29, 1.82) is 0 Å². The van der Waals surface area contributed by atoms with E-state index in [0.29, 0.717) is 39.8 Å². The SMILES string of the molecule is CCCCNC(=O)[C@@H](CC)N(Cc1ccc(Cl)cc1Cl)C(=O)CN(c1ccc(C)cc1C)S(=O)(=O)c1ccccc1. The highest BCUT2D eigenvalue weighted by Gasteiger charge is 2.34. The average molecular weight is 619 g/mol. The van der Waals surface area contributed by atoms with Gasteiger partial charge in [0.2, 0.25) is 11.8 Å². The first kappa shape index (κ1) is 32.4. The van der Waals surface area contributed by atoms with Gasteiger partial charge in [0, 0.05) is 23.1 Å². The number of unbranched alkanes of at least 4 members (excludes halogenated alkanes) is 1. The number of hydrogen-bond donors (Lipinski definition) is 1. The van der Waals surface area contributed by atoms with Crippen LogP contribution < -0.4 is 9.62 Å². The number of nitrogens with one attached hydrogen (secondary N) is 1. The van der Waals surface area contributed by atoms with E-state index in [1.54, 1.807) is 42.5 Å². The lowest BCUT2D eigenvalue weighted by Crippen LogP contribution is -2.52. The molecule has 0 spiro atoms. The molecule has 3 rings (SSSR count). The van der Waals surface area contributed by atoms with Gasteiger partial charge in [-0.25, -0.2) is 8.42 Å². The molecule has 0 fully saturated rings. The minimum absolute atomic E-state index is 0.000639. The van der Waals surface area contributed by atoms with Crippen LogP contribution in [0.15, 0.2) is 71.6 Å². The Bertz CT molecular complexity index is 1470. The molecule has 3 aromatic carbocycles. The van der Waals surface area contributed by atoms with Crippen LogP contribution in [-0.4, -0.2) is 44.3 Å². The van der Waals surface area contributed by atoms with E-state index < -0.39 is 28.5 Å². The number of rotatable bonds is 13. The Balaban J connectivity index is 2.08. The fourth-order valence-corrected chi connectivity index (χ4v) is 6.55. The van der Waals surface area contributed by atoms with E-state index in [1.165, 1.54) is 17.0 Å². The summed E-state index contributed by atoms with van der Waals surface area (Å²) < 4.78 is 29.1. The number of anilines is 1. The molecule has 0 aliphatic rings. The van der Waals surface area contributed by atoms with Crippen molar-refractivity contribution >= 4 is 50.7 Å². The second-order valence-corrected chi connectivity index (χ2v) is 12.6. The molecule has 7 nitrogen and oxygen atoms in total. The molecule has 220 valence electrons. The number of hydrogen-bond acceptors (Lipinski definition) is 4. The number of aryl methyl sites for hydroxylation is 2. The van der Waals surface area contributed by atoms with Gasteiger partial charge in [0.15, 0.2) is 0 Å². The van der Waals surface area contributed by atoms with Crippen molar-refractivity contribution in [2.75, 3.05) is 17.4 Å². The largest absolute Gasteiger partial charge is 0.354 e. The van der Waals surface area contributed by atoms with Crippen molar-refractivity contribution in [3.63, 3.8) is 0 Å². The van der Waals surface area contributed by atoms with Gasteiger partial charge in [-0.3, -0.25) is 13.9 Å². The molecule has 0 aliphatic heterocycles. The Labute approximate surface area is 253 Å². The van der Waals surface area contributed by atoms with E-state index in [-0.39, 0.29) is 17.3 Å². The van der Waals surface area contributed by atoms with E-state index >= 15 is 0 Å². The summed E-state index contributed by atoms with van der Waals surface area (Å²) in [4.78, 5) is 28.9. The quantitative estimate of drug-likeness (QED) is 0.221. The molecule has 0 bridgehead atoms. The summed E-state index contributed by atoms with van der Waals surface area (Å²) in [6.45, 7) is 7.53. The standard InChI is InChI=1S/C31H37Cl2N3O4S/c1-5-7-17-34-31(38)28(6-2)35(20-24-14-15-25(32)19-27(24)33)30(37)21-36(29-16-13-22(3)18-23(29)4)41(39,40)26-11-9-8-10-12-26/h8-16,18-19,28H,5-7,17,20-21H2,1-4H3,(H,34,38)/t28-/m1/s1. The molecule has 3 aromatic rings. The predicted octanol–water partition coefficient (Wildman–Crippen LogP) is 6.53. The van der Waals surface area contributed by atoms with Gasteiger partial charge in [0.1, 0.15) is 12.6 Å². The van der Waals surface area contributed by atoms with Crippen LogP contribution in [0.1, 0.15) is 49.8 Å². The molecule has 0 radical (unpaired) electrons. The molecule has 0 aliphatic carbocycles. The van der Waals surface area contributed by atoms with Crippen LogP contribution in [0, 0.1) is 13.8 Å². The average Bonchev–Trinajstić information content (AvgIpc) is 2.93. The maximum absolute atomic E-state index is 14.2. The third kappa shape index (κ3) is 8.24. The van der Waals surface area contributed by atoms with Gasteiger partial charge >= 0.3 is 0 Å². The molecule has 1 atom stereocenters. The molecule has 0 heterocycles. The topological polar surface area (TPSA) is 86.8 Å². The Kier molecular flexibility index (Phi) is 11.6. The summed E-state index contributed by atoms with van der Waals surface area (Å²) in [5.74, 6) is -0.837. The number of benzene rings is 3. The van der Waals surface area contributed by atoms with Gasteiger partial charge < -0.3 is 10.2 Å². The number of carbonyl (C=O) groups is 2. The number of halogens is 2. The first-order chi connectivity index (χ1) is 19.5. The molecular weight excluding hydrogens is 581 g/mol. The summed E-state index contributed by atoms with van der Waals surface area (Å²) in [7, 11) is -4.13. The fraction of sp³-hybridized carbons (Fsp3) is 0.355. The first-order valence-electron chi connectivity index (χ1n) is 13.7. The number of sulfonamides is 1. The molecule has 0 aromatic heterocycles. The van der Waals surface area contributed by atoms with Gasteiger partial charge in [-0.2, -0.15) is 0 Å². The van der Waals surface area contributed by atoms with Crippen LogP contribution >= 0.6 is 23.2 Å². The zero-order valence-electron chi connectivity index (χ0n) is 23.9. The van der Waals surface area contributed by atoms with E-state index in [2.05, 4.69) is 5.32 Å². The van der Waals surface area contributed by atoms with Crippen LogP contribution in [0.4, 0.5) is 5.69 Å². The van der Waals surface area contributed by atoms with Crippen molar-refractivity contribution in [3.05, 3.63) is 93.5 Å². The van der Waals surface area contributed by atoms with Crippen LogP contribution in [-0.2, 0) is 26.2 Å². The summed E-state index contributed by atoms with van der Waals surface area (Å²) >= 11 is 12.6. The fourth-order valence-electron chi connectivity index (χ4n) is 4.58.